The second-order valence-electron chi connectivity index (χ2n) is 8.01. The zero-order chi connectivity index (χ0) is 22.7. The summed E-state index contributed by atoms with van der Waals surface area (Å²) in [5.41, 5.74) is 4.37. The van der Waals surface area contributed by atoms with Gasteiger partial charge in [-0.3, -0.25) is 0 Å². The number of carbonyl (C=O) groups excluding carboxylic acids is 1. The van der Waals surface area contributed by atoms with Crippen LogP contribution < -0.4 is 19.5 Å². The molecule has 0 unspecified atom stereocenters. The fourth-order valence-electron chi connectivity index (χ4n) is 3.89. The number of aromatic nitrogens is 1. The SMILES string of the molecule is COc1ccc(CNC(=O)N2CCC(Oc3nc4c(C)ccc(C)c4s3)CC2)cc1OC. The zero-order valence-electron chi connectivity index (χ0n) is 18.9. The topological polar surface area (TPSA) is 72.9 Å². The number of likely N-dealkylation sites (tertiary alicyclic amines) is 1. The average molecular weight is 456 g/mol. The molecule has 170 valence electrons. The number of hydrogen-bond acceptors (Lipinski definition) is 6. The van der Waals surface area contributed by atoms with Gasteiger partial charge in [-0.1, -0.05) is 29.5 Å². The third kappa shape index (κ3) is 4.75. The molecule has 1 aliphatic heterocycles. The second kappa shape index (κ2) is 9.65. The van der Waals surface area contributed by atoms with Crippen LogP contribution in [0.25, 0.3) is 10.2 Å². The van der Waals surface area contributed by atoms with Gasteiger partial charge in [-0.05, 0) is 42.7 Å². The first-order valence-electron chi connectivity index (χ1n) is 10.8. The molecule has 0 spiro atoms. The van der Waals surface area contributed by atoms with Crippen LogP contribution in [0.4, 0.5) is 4.79 Å². The highest BCUT2D eigenvalue weighted by Crippen LogP contribution is 2.33. The maximum atomic E-state index is 12.6. The van der Waals surface area contributed by atoms with Crippen molar-refractivity contribution in [3.8, 4) is 16.7 Å². The number of fused-ring (bicyclic) bond motifs is 1. The lowest BCUT2D eigenvalue weighted by Crippen LogP contribution is -2.46. The van der Waals surface area contributed by atoms with Gasteiger partial charge in [-0.25, -0.2) is 9.78 Å². The number of benzene rings is 2. The second-order valence-corrected chi connectivity index (χ2v) is 8.97. The number of hydrogen-bond donors (Lipinski definition) is 1. The molecule has 1 saturated heterocycles. The fourth-order valence-corrected chi connectivity index (χ4v) is 4.92. The van der Waals surface area contributed by atoms with Crippen molar-refractivity contribution in [1.29, 1.82) is 0 Å². The molecule has 3 aromatic rings. The van der Waals surface area contributed by atoms with Gasteiger partial charge in [0.05, 0.1) is 24.4 Å². The van der Waals surface area contributed by atoms with Crippen LogP contribution in [0.5, 0.6) is 16.7 Å². The Hall–Kier alpha value is -3.00. The van der Waals surface area contributed by atoms with E-state index in [1.165, 1.54) is 10.3 Å². The molecule has 0 aliphatic carbocycles. The van der Waals surface area contributed by atoms with Gasteiger partial charge in [0.2, 0.25) is 0 Å². The van der Waals surface area contributed by atoms with E-state index in [-0.39, 0.29) is 12.1 Å². The summed E-state index contributed by atoms with van der Waals surface area (Å²) in [6, 6.07) is 9.79. The van der Waals surface area contributed by atoms with Crippen molar-refractivity contribution < 1.29 is 19.0 Å². The Morgan fingerprint density at radius 2 is 1.81 bits per heavy atom. The summed E-state index contributed by atoms with van der Waals surface area (Å²) >= 11 is 1.60. The minimum atomic E-state index is -0.0653. The maximum absolute atomic E-state index is 12.6. The third-order valence-electron chi connectivity index (χ3n) is 5.81. The van der Waals surface area contributed by atoms with Gasteiger partial charge in [0.25, 0.3) is 5.19 Å². The van der Waals surface area contributed by atoms with Crippen molar-refractivity contribution in [2.75, 3.05) is 27.3 Å². The molecule has 2 aromatic carbocycles. The number of aryl methyl sites for hydroxylation is 2. The minimum absolute atomic E-state index is 0.0653. The van der Waals surface area contributed by atoms with Crippen molar-refractivity contribution >= 4 is 27.6 Å². The molecule has 2 heterocycles. The lowest BCUT2D eigenvalue weighted by molar-refractivity contribution is 0.111. The molecule has 0 radical (unpaired) electrons. The smallest absolute Gasteiger partial charge is 0.317 e. The highest BCUT2D eigenvalue weighted by Gasteiger charge is 2.25. The fraction of sp³-hybridized carbons (Fsp3) is 0.417. The largest absolute Gasteiger partial charge is 0.493 e. The molecule has 8 heteroatoms. The van der Waals surface area contributed by atoms with Gasteiger partial charge in [-0.15, -0.1) is 0 Å². The minimum Gasteiger partial charge on any atom is -0.493 e. The van der Waals surface area contributed by atoms with Gasteiger partial charge >= 0.3 is 6.03 Å². The Kier molecular flexibility index (Phi) is 6.69. The number of piperidine rings is 1. The molecular weight excluding hydrogens is 426 g/mol. The van der Waals surface area contributed by atoms with Gasteiger partial charge in [0.15, 0.2) is 11.5 Å². The third-order valence-corrected chi connectivity index (χ3v) is 6.89. The van der Waals surface area contributed by atoms with Crippen molar-refractivity contribution in [3.05, 3.63) is 47.0 Å². The van der Waals surface area contributed by atoms with Crippen molar-refractivity contribution in [2.45, 2.75) is 39.3 Å². The summed E-state index contributed by atoms with van der Waals surface area (Å²) in [5.74, 6) is 1.32. The first kappa shape index (κ1) is 22.2. The van der Waals surface area contributed by atoms with Crippen molar-refractivity contribution in [1.82, 2.24) is 15.2 Å². The molecule has 32 heavy (non-hydrogen) atoms. The molecule has 0 saturated carbocycles. The van der Waals surface area contributed by atoms with Crippen LogP contribution in [0.2, 0.25) is 0 Å². The van der Waals surface area contributed by atoms with E-state index in [1.54, 1.807) is 25.6 Å². The number of carbonyl (C=O) groups is 1. The van der Waals surface area contributed by atoms with Gasteiger partial charge < -0.3 is 24.4 Å². The number of nitrogens with one attached hydrogen (secondary N) is 1. The maximum Gasteiger partial charge on any atom is 0.317 e. The van der Waals surface area contributed by atoms with Gasteiger partial charge in [-0.2, -0.15) is 0 Å². The van der Waals surface area contributed by atoms with E-state index < -0.39 is 0 Å². The van der Waals surface area contributed by atoms with Crippen molar-refractivity contribution in [3.63, 3.8) is 0 Å². The standard InChI is InChI=1S/C24H29N3O4S/c1-15-5-6-16(2)22-21(15)26-24(32-22)31-18-9-11-27(12-10-18)23(28)25-14-17-7-8-19(29-3)20(13-17)30-4/h5-8,13,18H,9-12,14H2,1-4H3,(H,25,28). The van der Waals surface area contributed by atoms with E-state index in [0.29, 0.717) is 36.3 Å². The molecule has 4 rings (SSSR count). The highest BCUT2D eigenvalue weighted by molar-refractivity contribution is 7.20. The normalized spacial score (nSPS) is 14.4. The molecule has 0 bridgehead atoms. The summed E-state index contributed by atoms with van der Waals surface area (Å²) in [6.07, 6.45) is 1.65. The van der Waals surface area contributed by atoms with E-state index in [2.05, 4.69) is 31.3 Å². The Labute approximate surface area is 192 Å². The molecule has 0 atom stereocenters. The Morgan fingerprint density at radius 1 is 1.09 bits per heavy atom. The molecule has 1 fully saturated rings. The number of urea groups is 1. The summed E-state index contributed by atoms with van der Waals surface area (Å²) in [7, 11) is 3.20. The van der Waals surface area contributed by atoms with Crippen LogP contribution in [0, 0.1) is 13.8 Å². The van der Waals surface area contributed by atoms with Gasteiger partial charge in [0.1, 0.15) is 6.10 Å². The van der Waals surface area contributed by atoms with Crippen molar-refractivity contribution in [2.24, 2.45) is 0 Å². The number of rotatable bonds is 6. The average Bonchev–Trinajstić information content (AvgIpc) is 3.25. The molecule has 1 aliphatic rings. The zero-order valence-corrected chi connectivity index (χ0v) is 19.8. The first-order chi connectivity index (χ1) is 15.5. The van der Waals surface area contributed by atoms with Crippen LogP contribution in [0.1, 0.15) is 29.5 Å². The van der Waals surface area contributed by atoms with Crippen LogP contribution >= 0.6 is 11.3 Å². The Bertz CT molecular complexity index is 1070. The Balaban J connectivity index is 1.28. The quantitative estimate of drug-likeness (QED) is 0.584. The monoisotopic (exact) mass is 455 g/mol. The number of amides is 2. The predicted molar refractivity (Wildman–Crippen MR) is 126 cm³/mol. The summed E-state index contributed by atoms with van der Waals surface area (Å²) in [4.78, 5) is 19.1. The molecule has 7 nitrogen and oxygen atoms in total. The van der Waals surface area contributed by atoms with Crippen LogP contribution in [0.3, 0.4) is 0 Å². The molecule has 2 amide bonds. The highest BCUT2D eigenvalue weighted by atomic mass is 32.1. The number of thiazole rings is 1. The molecule has 1 N–H and O–H groups in total. The van der Waals surface area contributed by atoms with Crippen LogP contribution in [-0.2, 0) is 6.54 Å². The number of nitrogens with zero attached hydrogens (tertiary/aromatic N) is 2. The summed E-state index contributed by atoms with van der Waals surface area (Å²) in [5, 5.41) is 3.71. The van der Waals surface area contributed by atoms with E-state index in [9.17, 15) is 4.79 Å². The van der Waals surface area contributed by atoms with E-state index >= 15 is 0 Å². The first-order valence-corrected chi connectivity index (χ1v) is 11.6. The molecule has 1 aromatic heterocycles. The van der Waals surface area contributed by atoms with E-state index in [1.807, 2.05) is 23.1 Å². The van der Waals surface area contributed by atoms with Crippen LogP contribution in [-0.4, -0.2) is 49.3 Å². The van der Waals surface area contributed by atoms with Gasteiger partial charge in [0, 0.05) is 32.5 Å². The summed E-state index contributed by atoms with van der Waals surface area (Å²) in [6.45, 7) is 5.92. The lowest BCUT2D eigenvalue weighted by atomic mass is 10.1. The number of methoxy groups -OCH3 is 2. The lowest BCUT2D eigenvalue weighted by Gasteiger charge is -2.31. The van der Waals surface area contributed by atoms with E-state index in [0.717, 1.165) is 29.5 Å². The molecular formula is C24H29N3O4S. The van der Waals surface area contributed by atoms with Crippen LogP contribution in [0.15, 0.2) is 30.3 Å². The Morgan fingerprint density at radius 3 is 2.50 bits per heavy atom. The predicted octanol–water partition coefficient (Wildman–Crippen LogP) is 4.68. The van der Waals surface area contributed by atoms with E-state index in [4.69, 9.17) is 19.2 Å². The summed E-state index contributed by atoms with van der Waals surface area (Å²) < 4.78 is 17.9. The number of ether oxygens (including phenoxy) is 3.